The number of hydrogen-bond acceptors (Lipinski definition) is 2. The maximum atomic E-state index is 9.51. The van der Waals surface area contributed by atoms with Gasteiger partial charge in [0.2, 0.25) is 0 Å². The second-order valence-electron chi connectivity index (χ2n) is 6.89. The minimum atomic E-state index is -2.13. The summed E-state index contributed by atoms with van der Waals surface area (Å²) >= 11 is -2.13. The van der Waals surface area contributed by atoms with Gasteiger partial charge in [0.05, 0.1) is 0 Å². The number of aromatic nitrogens is 1. The fraction of sp³-hybridized carbons (Fsp3) is 0.143. The standard InChI is InChI=1S/C21H20GeN2/c1-22(2,3)20-15-24-21(16-9-5-4-6-10-16)13-19(20)18-12-8-7-11-17(18)14-23/h4-13,15H,1-3H3. The van der Waals surface area contributed by atoms with Crippen LogP contribution in [0.3, 0.4) is 0 Å². The van der Waals surface area contributed by atoms with Gasteiger partial charge in [0, 0.05) is 0 Å². The molecule has 3 aromatic rings. The number of pyridine rings is 1. The van der Waals surface area contributed by atoms with Crippen LogP contribution in [0.15, 0.2) is 66.9 Å². The summed E-state index contributed by atoms with van der Waals surface area (Å²) in [7, 11) is 0. The predicted molar refractivity (Wildman–Crippen MR) is 103 cm³/mol. The van der Waals surface area contributed by atoms with E-state index < -0.39 is 13.3 Å². The molecule has 2 nitrogen and oxygen atoms in total. The Hall–Kier alpha value is -2.38. The Kier molecular flexibility index (Phi) is 4.55. The van der Waals surface area contributed by atoms with E-state index in [0.717, 1.165) is 27.9 Å². The molecule has 0 bridgehead atoms. The second kappa shape index (κ2) is 6.62. The Balaban J connectivity index is 2.27. The van der Waals surface area contributed by atoms with Crippen LogP contribution in [0.25, 0.3) is 22.4 Å². The molecule has 118 valence electrons. The van der Waals surface area contributed by atoms with Crippen LogP contribution in [-0.2, 0) is 0 Å². The van der Waals surface area contributed by atoms with Gasteiger partial charge in [-0.05, 0) is 0 Å². The summed E-state index contributed by atoms with van der Waals surface area (Å²) < 4.78 is 1.33. The van der Waals surface area contributed by atoms with Gasteiger partial charge in [-0.3, -0.25) is 0 Å². The molecule has 3 heteroatoms. The van der Waals surface area contributed by atoms with E-state index >= 15 is 0 Å². The fourth-order valence-corrected chi connectivity index (χ4v) is 5.94. The summed E-state index contributed by atoms with van der Waals surface area (Å²) in [6.45, 7) is 0. The zero-order valence-corrected chi connectivity index (χ0v) is 16.3. The topological polar surface area (TPSA) is 36.7 Å². The molecule has 24 heavy (non-hydrogen) atoms. The molecule has 0 aliphatic rings. The van der Waals surface area contributed by atoms with E-state index in [1.807, 2.05) is 48.7 Å². The Morgan fingerprint density at radius 2 is 1.54 bits per heavy atom. The Morgan fingerprint density at radius 1 is 0.875 bits per heavy atom. The van der Waals surface area contributed by atoms with E-state index in [1.165, 1.54) is 4.40 Å². The molecule has 0 amide bonds. The first-order valence-corrected chi connectivity index (χ1v) is 15.4. The summed E-state index contributed by atoms with van der Waals surface area (Å²) in [5.74, 6) is 7.08. The Morgan fingerprint density at radius 3 is 2.21 bits per heavy atom. The third-order valence-corrected chi connectivity index (χ3v) is 8.35. The van der Waals surface area contributed by atoms with Crippen molar-refractivity contribution in [3.8, 4) is 28.5 Å². The van der Waals surface area contributed by atoms with Gasteiger partial charge in [-0.15, -0.1) is 0 Å². The van der Waals surface area contributed by atoms with Gasteiger partial charge in [-0.1, -0.05) is 0 Å². The summed E-state index contributed by atoms with van der Waals surface area (Å²) in [5, 5.41) is 9.51. The molecule has 2 aromatic carbocycles. The quantitative estimate of drug-likeness (QED) is 0.617. The molecule has 0 N–H and O–H groups in total. The molecular formula is C21H20GeN2. The van der Waals surface area contributed by atoms with E-state index in [-0.39, 0.29) is 0 Å². The number of nitrogens with zero attached hydrogens (tertiary/aromatic N) is 2. The molecule has 0 saturated carbocycles. The van der Waals surface area contributed by atoms with Gasteiger partial charge >= 0.3 is 146 Å². The van der Waals surface area contributed by atoms with Crippen LogP contribution in [0.2, 0.25) is 17.3 Å². The fourth-order valence-electron chi connectivity index (χ4n) is 2.86. The molecule has 0 atom stereocenters. The molecule has 0 aliphatic heterocycles. The van der Waals surface area contributed by atoms with Crippen molar-refractivity contribution < 1.29 is 0 Å². The third kappa shape index (κ3) is 3.27. The van der Waals surface area contributed by atoms with E-state index in [4.69, 9.17) is 4.98 Å². The van der Waals surface area contributed by atoms with Crippen molar-refractivity contribution in [2.24, 2.45) is 0 Å². The molecule has 3 rings (SSSR count). The first kappa shape index (κ1) is 16.5. The number of rotatable bonds is 3. The molecule has 0 aliphatic carbocycles. The van der Waals surface area contributed by atoms with Crippen molar-refractivity contribution in [3.05, 3.63) is 72.4 Å². The number of hydrogen-bond donors (Lipinski definition) is 0. The Bertz CT molecular complexity index is 903. The minimum absolute atomic E-state index is 0.718. The zero-order chi connectivity index (χ0) is 17.2. The van der Waals surface area contributed by atoms with Crippen LogP contribution in [0.4, 0.5) is 0 Å². The van der Waals surface area contributed by atoms with Crippen molar-refractivity contribution in [1.29, 1.82) is 5.26 Å². The number of benzene rings is 2. The molecule has 0 unspecified atom stereocenters. The first-order valence-electron chi connectivity index (χ1n) is 8.06. The third-order valence-electron chi connectivity index (χ3n) is 4.12. The van der Waals surface area contributed by atoms with Gasteiger partial charge in [-0.2, -0.15) is 0 Å². The van der Waals surface area contributed by atoms with E-state index in [1.54, 1.807) is 0 Å². The average Bonchev–Trinajstić information content (AvgIpc) is 2.61. The predicted octanol–water partition coefficient (Wildman–Crippen LogP) is 4.83. The molecule has 0 spiro atoms. The molecule has 1 aromatic heterocycles. The van der Waals surface area contributed by atoms with Crippen molar-refractivity contribution in [2.75, 3.05) is 0 Å². The van der Waals surface area contributed by atoms with Gasteiger partial charge < -0.3 is 0 Å². The summed E-state index contributed by atoms with van der Waals surface area (Å²) in [4.78, 5) is 4.72. The van der Waals surface area contributed by atoms with Crippen molar-refractivity contribution in [1.82, 2.24) is 4.98 Å². The van der Waals surface area contributed by atoms with Crippen molar-refractivity contribution >= 4 is 17.7 Å². The molecule has 0 fully saturated rings. The van der Waals surface area contributed by atoms with Crippen molar-refractivity contribution in [2.45, 2.75) is 17.3 Å². The van der Waals surface area contributed by atoms with E-state index in [0.29, 0.717) is 0 Å². The molecular weight excluding hydrogens is 353 g/mol. The SMILES string of the molecule is [CH3][Ge]([CH3])([CH3])[c]1cnc(-c2ccccc2)cc1-c1ccccc1C#N. The maximum absolute atomic E-state index is 9.51. The van der Waals surface area contributed by atoms with Crippen molar-refractivity contribution in [3.63, 3.8) is 0 Å². The molecule has 1 heterocycles. The van der Waals surface area contributed by atoms with Crippen LogP contribution in [0.1, 0.15) is 5.56 Å². The average molecular weight is 373 g/mol. The van der Waals surface area contributed by atoms with Gasteiger partial charge in [-0.25, -0.2) is 0 Å². The van der Waals surface area contributed by atoms with Gasteiger partial charge in [0.25, 0.3) is 0 Å². The van der Waals surface area contributed by atoms with Crippen LogP contribution in [-0.4, -0.2) is 18.3 Å². The summed E-state index contributed by atoms with van der Waals surface area (Å²) in [6.07, 6.45) is 2.03. The van der Waals surface area contributed by atoms with Crippen LogP contribution < -0.4 is 4.40 Å². The van der Waals surface area contributed by atoms with Gasteiger partial charge in [0.15, 0.2) is 0 Å². The van der Waals surface area contributed by atoms with E-state index in [2.05, 4.69) is 41.5 Å². The van der Waals surface area contributed by atoms with Crippen LogP contribution in [0.5, 0.6) is 0 Å². The normalized spacial score (nSPS) is 11.1. The number of nitriles is 1. The molecule has 0 radical (unpaired) electrons. The second-order valence-corrected chi connectivity index (χ2v) is 17.5. The molecule has 0 saturated heterocycles. The monoisotopic (exact) mass is 374 g/mol. The van der Waals surface area contributed by atoms with Crippen LogP contribution in [0, 0.1) is 11.3 Å². The van der Waals surface area contributed by atoms with Crippen LogP contribution >= 0.6 is 0 Å². The van der Waals surface area contributed by atoms with Gasteiger partial charge in [0.1, 0.15) is 0 Å². The summed E-state index contributed by atoms with van der Waals surface area (Å²) in [5.41, 5.74) is 4.94. The zero-order valence-electron chi connectivity index (χ0n) is 14.2. The summed E-state index contributed by atoms with van der Waals surface area (Å²) in [6, 6.07) is 22.5. The van der Waals surface area contributed by atoms with E-state index in [9.17, 15) is 5.26 Å². The first-order chi connectivity index (χ1) is 11.5. The Labute approximate surface area is 146 Å².